The zero-order chi connectivity index (χ0) is 15.5. The molecule has 0 aliphatic heterocycles. The molecule has 1 amide bonds. The summed E-state index contributed by atoms with van der Waals surface area (Å²) < 4.78 is 1.28. The second-order valence-corrected chi connectivity index (χ2v) is 5.92. The van der Waals surface area contributed by atoms with Gasteiger partial charge in [0, 0.05) is 6.54 Å². The van der Waals surface area contributed by atoms with E-state index in [9.17, 15) is 14.7 Å². The van der Waals surface area contributed by atoms with E-state index < -0.39 is 5.60 Å². The number of thiophene rings is 1. The average Bonchev–Trinajstić information content (AvgIpc) is 2.97. The third-order valence-electron chi connectivity index (χ3n) is 3.70. The van der Waals surface area contributed by atoms with Crippen molar-refractivity contribution in [3.05, 3.63) is 28.1 Å². The predicted octanol–water partition coefficient (Wildman–Crippen LogP) is 1.13. The van der Waals surface area contributed by atoms with E-state index >= 15 is 0 Å². The van der Waals surface area contributed by atoms with E-state index in [0.29, 0.717) is 23.1 Å². The lowest BCUT2D eigenvalue weighted by molar-refractivity contribution is -0.123. The number of hydrogen-bond donors (Lipinski definition) is 2. The molecule has 7 heteroatoms. The highest BCUT2D eigenvalue weighted by atomic mass is 32.1. The zero-order valence-electron chi connectivity index (χ0n) is 12.1. The number of fused-ring (bicyclic) bond motifs is 1. The van der Waals surface area contributed by atoms with E-state index in [0.717, 1.165) is 0 Å². The van der Waals surface area contributed by atoms with Crippen LogP contribution in [0.5, 0.6) is 0 Å². The Balaban J connectivity index is 2.05. The fourth-order valence-corrected chi connectivity index (χ4v) is 2.70. The molecule has 6 nitrogen and oxygen atoms in total. The number of amides is 1. The zero-order valence-corrected chi connectivity index (χ0v) is 12.9. The summed E-state index contributed by atoms with van der Waals surface area (Å²) in [6.07, 6.45) is 2.50. The predicted molar refractivity (Wildman–Crippen MR) is 82.4 cm³/mol. The second-order valence-electron chi connectivity index (χ2n) is 5.03. The van der Waals surface area contributed by atoms with Crippen molar-refractivity contribution in [3.8, 4) is 0 Å². The summed E-state index contributed by atoms with van der Waals surface area (Å²) >= 11 is 1.39. The van der Waals surface area contributed by atoms with Gasteiger partial charge in [0.05, 0.1) is 17.3 Å². The Hall–Kier alpha value is -1.73. The quantitative estimate of drug-likeness (QED) is 0.837. The summed E-state index contributed by atoms with van der Waals surface area (Å²) in [6, 6.07) is 1.71. The molecule has 0 saturated carbocycles. The molecule has 0 fully saturated rings. The van der Waals surface area contributed by atoms with E-state index in [4.69, 9.17) is 0 Å². The minimum atomic E-state index is -0.893. The third kappa shape index (κ3) is 3.48. The van der Waals surface area contributed by atoms with Crippen molar-refractivity contribution in [3.63, 3.8) is 0 Å². The van der Waals surface area contributed by atoms with E-state index in [2.05, 4.69) is 10.3 Å². The van der Waals surface area contributed by atoms with Crippen molar-refractivity contribution < 1.29 is 9.90 Å². The first kappa shape index (κ1) is 15.7. The normalized spacial score (nSPS) is 11.8. The molecule has 0 aliphatic rings. The monoisotopic (exact) mass is 309 g/mol. The molecule has 21 heavy (non-hydrogen) atoms. The van der Waals surface area contributed by atoms with Crippen molar-refractivity contribution in [1.82, 2.24) is 14.9 Å². The van der Waals surface area contributed by atoms with Crippen molar-refractivity contribution in [2.45, 2.75) is 38.8 Å². The largest absolute Gasteiger partial charge is 0.388 e. The molecule has 0 unspecified atom stereocenters. The molecule has 0 aliphatic carbocycles. The Morgan fingerprint density at radius 2 is 2.19 bits per heavy atom. The Morgan fingerprint density at radius 1 is 1.48 bits per heavy atom. The van der Waals surface area contributed by atoms with Crippen LogP contribution >= 0.6 is 11.3 Å². The molecule has 2 aromatic heterocycles. The first-order chi connectivity index (χ1) is 9.99. The maximum atomic E-state index is 12.1. The Bertz CT molecular complexity index is 688. The molecule has 0 atom stereocenters. The van der Waals surface area contributed by atoms with Crippen LogP contribution in [0.15, 0.2) is 22.6 Å². The molecule has 0 radical (unpaired) electrons. The molecule has 2 N–H and O–H groups in total. The smallest absolute Gasteiger partial charge is 0.262 e. The number of nitrogens with one attached hydrogen (secondary N) is 1. The molecule has 0 spiro atoms. The van der Waals surface area contributed by atoms with Gasteiger partial charge in [0.15, 0.2) is 0 Å². The van der Waals surface area contributed by atoms with Crippen LogP contribution < -0.4 is 10.9 Å². The molecule has 2 rings (SSSR count). The van der Waals surface area contributed by atoms with Crippen molar-refractivity contribution in [2.24, 2.45) is 0 Å². The highest BCUT2D eigenvalue weighted by Gasteiger charge is 2.22. The van der Waals surface area contributed by atoms with Gasteiger partial charge in [0.1, 0.15) is 11.4 Å². The Morgan fingerprint density at radius 3 is 2.86 bits per heavy atom. The molecular formula is C14H19N3O3S. The van der Waals surface area contributed by atoms with Crippen LogP contribution in [0.4, 0.5) is 0 Å². The van der Waals surface area contributed by atoms with Gasteiger partial charge >= 0.3 is 0 Å². The summed E-state index contributed by atoms with van der Waals surface area (Å²) in [6.45, 7) is 3.83. The number of hydrogen-bond acceptors (Lipinski definition) is 5. The first-order valence-electron chi connectivity index (χ1n) is 6.91. The van der Waals surface area contributed by atoms with Crippen LogP contribution in [0.1, 0.15) is 26.7 Å². The van der Waals surface area contributed by atoms with Crippen LogP contribution in [-0.4, -0.2) is 32.7 Å². The Labute approximate surface area is 126 Å². The first-order valence-corrected chi connectivity index (χ1v) is 7.79. The molecule has 0 saturated heterocycles. The molecule has 2 aromatic rings. The van der Waals surface area contributed by atoms with Crippen molar-refractivity contribution in [1.29, 1.82) is 0 Å². The minimum Gasteiger partial charge on any atom is -0.388 e. The summed E-state index contributed by atoms with van der Waals surface area (Å²) in [5, 5.41) is 15.1. The summed E-state index contributed by atoms with van der Waals surface area (Å²) in [5.74, 6) is -0.311. The van der Waals surface area contributed by atoms with E-state index in [1.165, 1.54) is 22.2 Å². The van der Waals surface area contributed by atoms with Crippen LogP contribution in [0.2, 0.25) is 0 Å². The van der Waals surface area contributed by atoms with E-state index in [1.54, 1.807) is 11.4 Å². The molecular weight excluding hydrogens is 290 g/mol. The van der Waals surface area contributed by atoms with Crippen molar-refractivity contribution in [2.75, 3.05) is 6.54 Å². The molecule has 0 bridgehead atoms. The number of carbonyl (C=O) groups is 1. The fraction of sp³-hybridized carbons (Fsp3) is 0.500. The summed E-state index contributed by atoms with van der Waals surface area (Å²) in [7, 11) is 0. The third-order valence-corrected chi connectivity index (χ3v) is 4.52. The average molecular weight is 309 g/mol. The topological polar surface area (TPSA) is 84.2 Å². The molecule has 0 aromatic carbocycles. The highest BCUT2D eigenvalue weighted by molar-refractivity contribution is 7.16. The maximum absolute atomic E-state index is 12.1. The van der Waals surface area contributed by atoms with Gasteiger partial charge in [0.2, 0.25) is 5.91 Å². The number of nitrogens with zero attached hydrogens (tertiary/aromatic N) is 2. The lowest BCUT2D eigenvalue weighted by Gasteiger charge is -2.25. The van der Waals surface area contributed by atoms with E-state index in [1.807, 2.05) is 13.8 Å². The van der Waals surface area contributed by atoms with Gasteiger partial charge in [-0.15, -0.1) is 11.3 Å². The van der Waals surface area contributed by atoms with Gasteiger partial charge in [0.25, 0.3) is 5.56 Å². The highest BCUT2D eigenvalue weighted by Crippen LogP contribution is 2.14. The fourth-order valence-electron chi connectivity index (χ4n) is 1.98. The van der Waals surface area contributed by atoms with Crippen LogP contribution in [0.3, 0.4) is 0 Å². The number of rotatable bonds is 6. The maximum Gasteiger partial charge on any atom is 0.262 e. The number of aromatic nitrogens is 2. The van der Waals surface area contributed by atoms with Gasteiger partial charge in [-0.1, -0.05) is 13.8 Å². The summed E-state index contributed by atoms with van der Waals surface area (Å²) in [4.78, 5) is 28.9. The number of aliphatic hydroxyl groups is 1. The summed E-state index contributed by atoms with van der Waals surface area (Å²) in [5.41, 5.74) is -1.12. The van der Waals surface area contributed by atoms with Crippen LogP contribution in [0, 0.1) is 0 Å². The van der Waals surface area contributed by atoms with E-state index in [-0.39, 0.29) is 24.6 Å². The van der Waals surface area contributed by atoms with Gasteiger partial charge in [-0.3, -0.25) is 14.2 Å². The van der Waals surface area contributed by atoms with Crippen molar-refractivity contribution >= 4 is 27.5 Å². The lowest BCUT2D eigenvalue weighted by atomic mass is 9.98. The lowest BCUT2D eigenvalue weighted by Crippen LogP contribution is -2.43. The molecule has 114 valence electrons. The Kier molecular flexibility index (Phi) is 4.74. The SMILES string of the molecule is CCC(O)(CC)CNC(=O)Cn1cnc2sccc2c1=O. The standard InChI is InChI=1S/C14H19N3O3S/c1-3-14(20,4-2)8-15-11(18)7-17-9-16-12-10(13(17)19)5-6-21-12/h5-6,9,20H,3-4,7-8H2,1-2H3,(H,15,18). The number of carbonyl (C=O) groups excluding carboxylic acids is 1. The van der Waals surface area contributed by atoms with Gasteiger partial charge in [-0.2, -0.15) is 0 Å². The van der Waals surface area contributed by atoms with Gasteiger partial charge < -0.3 is 10.4 Å². The van der Waals surface area contributed by atoms with Crippen LogP contribution in [0.25, 0.3) is 10.2 Å². The second kappa shape index (κ2) is 6.36. The minimum absolute atomic E-state index is 0.0961. The van der Waals surface area contributed by atoms with Gasteiger partial charge in [-0.25, -0.2) is 4.98 Å². The van der Waals surface area contributed by atoms with Gasteiger partial charge in [-0.05, 0) is 24.3 Å². The van der Waals surface area contributed by atoms with Crippen LogP contribution in [-0.2, 0) is 11.3 Å². The molecule has 2 heterocycles.